The monoisotopic (exact) mass is 249 g/mol. The maximum atomic E-state index is 12.1. The Hall–Kier alpha value is -2.04. The van der Waals surface area contributed by atoms with Crippen LogP contribution >= 0.6 is 0 Å². The van der Waals surface area contributed by atoms with Crippen LogP contribution in [0.1, 0.15) is 34.6 Å². The van der Waals surface area contributed by atoms with Gasteiger partial charge in [-0.3, -0.25) is 9.59 Å². The van der Waals surface area contributed by atoms with Crippen molar-refractivity contribution in [3.8, 4) is 0 Å². The molecule has 0 aliphatic heterocycles. The van der Waals surface area contributed by atoms with Gasteiger partial charge in [0.25, 0.3) is 11.8 Å². The predicted octanol–water partition coefficient (Wildman–Crippen LogP) is 1.11. The Balaban J connectivity index is 3.04. The average molecular weight is 249 g/mol. The van der Waals surface area contributed by atoms with Crippen LogP contribution in [0.4, 0.5) is 5.69 Å². The molecule has 1 aromatic carbocycles. The molecule has 0 atom stereocenters. The van der Waals surface area contributed by atoms with Gasteiger partial charge in [-0.15, -0.1) is 0 Å². The van der Waals surface area contributed by atoms with E-state index in [2.05, 4.69) is 5.32 Å². The van der Waals surface area contributed by atoms with E-state index >= 15 is 0 Å². The largest absolute Gasteiger partial charge is 0.398 e. The van der Waals surface area contributed by atoms with Crippen molar-refractivity contribution in [1.82, 2.24) is 10.2 Å². The number of rotatable bonds is 4. The van der Waals surface area contributed by atoms with Crippen LogP contribution in [-0.4, -0.2) is 36.9 Å². The molecule has 0 aliphatic carbocycles. The number of nitrogens with zero attached hydrogens (tertiary/aromatic N) is 1. The van der Waals surface area contributed by atoms with Crippen molar-refractivity contribution in [2.45, 2.75) is 13.8 Å². The number of nitrogen functional groups attached to an aromatic ring is 1. The zero-order valence-corrected chi connectivity index (χ0v) is 11.0. The molecule has 0 spiro atoms. The maximum absolute atomic E-state index is 12.1. The molecule has 0 radical (unpaired) electrons. The number of carbonyl (C=O) groups is 2. The number of benzene rings is 1. The van der Waals surface area contributed by atoms with Gasteiger partial charge < -0.3 is 16.0 Å². The third-order valence-corrected chi connectivity index (χ3v) is 2.82. The second-order valence-corrected chi connectivity index (χ2v) is 3.86. The lowest BCUT2D eigenvalue weighted by molar-refractivity contribution is 0.0772. The number of amides is 2. The van der Waals surface area contributed by atoms with Crippen molar-refractivity contribution in [2.75, 3.05) is 25.9 Å². The Bertz CT molecular complexity index is 454. The van der Waals surface area contributed by atoms with Crippen LogP contribution in [0, 0.1) is 0 Å². The Labute approximate surface area is 107 Å². The molecule has 2 amide bonds. The second kappa shape index (κ2) is 6.05. The van der Waals surface area contributed by atoms with Gasteiger partial charge >= 0.3 is 0 Å². The van der Waals surface area contributed by atoms with Crippen LogP contribution in [0.3, 0.4) is 0 Å². The highest BCUT2D eigenvalue weighted by molar-refractivity contribution is 6.02. The Morgan fingerprint density at radius 3 is 2.33 bits per heavy atom. The first-order valence-electron chi connectivity index (χ1n) is 5.96. The van der Waals surface area contributed by atoms with Gasteiger partial charge in [0.05, 0.1) is 5.56 Å². The van der Waals surface area contributed by atoms with E-state index in [0.29, 0.717) is 29.9 Å². The third kappa shape index (κ3) is 2.80. The van der Waals surface area contributed by atoms with Crippen molar-refractivity contribution < 1.29 is 9.59 Å². The molecule has 0 heterocycles. The number of anilines is 1. The number of nitrogens with two attached hydrogens (primary N) is 1. The fourth-order valence-corrected chi connectivity index (χ4v) is 1.73. The van der Waals surface area contributed by atoms with E-state index in [1.54, 1.807) is 23.1 Å². The second-order valence-electron chi connectivity index (χ2n) is 3.86. The van der Waals surface area contributed by atoms with E-state index in [1.165, 1.54) is 7.05 Å². The fraction of sp³-hybridized carbons (Fsp3) is 0.385. The predicted molar refractivity (Wildman–Crippen MR) is 71.5 cm³/mol. The molecule has 0 unspecified atom stereocenters. The lowest BCUT2D eigenvalue weighted by Gasteiger charge is -2.19. The minimum absolute atomic E-state index is 0.0739. The summed E-state index contributed by atoms with van der Waals surface area (Å²) in [5.41, 5.74) is 6.99. The highest BCUT2D eigenvalue weighted by Crippen LogP contribution is 2.15. The number of nitrogens with one attached hydrogen (secondary N) is 1. The maximum Gasteiger partial charge on any atom is 0.253 e. The summed E-state index contributed by atoms with van der Waals surface area (Å²) in [6.45, 7) is 5.13. The van der Waals surface area contributed by atoms with Crippen LogP contribution in [0.25, 0.3) is 0 Å². The van der Waals surface area contributed by atoms with Crippen LogP contribution < -0.4 is 11.1 Å². The molecular formula is C13H19N3O2. The summed E-state index contributed by atoms with van der Waals surface area (Å²) >= 11 is 0. The van der Waals surface area contributed by atoms with Crippen molar-refractivity contribution in [3.63, 3.8) is 0 Å². The first-order valence-corrected chi connectivity index (χ1v) is 5.96. The molecule has 3 N–H and O–H groups in total. The van der Waals surface area contributed by atoms with E-state index in [-0.39, 0.29) is 11.8 Å². The SMILES string of the molecule is CCN(CC)C(=O)c1ccc(C(=O)NC)c(N)c1. The van der Waals surface area contributed by atoms with E-state index < -0.39 is 0 Å². The molecule has 1 aromatic rings. The highest BCUT2D eigenvalue weighted by atomic mass is 16.2. The highest BCUT2D eigenvalue weighted by Gasteiger charge is 2.15. The van der Waals surface area contributed by atoms with Gasteiger partial charge in [0.1, 0.15) is 0 Å². The summed E-state index contributed by atoms with van der Waals surface area (Å²) in [7, 11) is 1.54. The van der Waals surface area contributed by atoms with Gasteiger partial charge in [-0.1, -0.05) is 0 Å². The van der Waals surface area contributed by atoms with Gasteiger partial charge in [-0.25, -0.2) is 0 Å². The van der Waals surface area contributed by atoms with E-state index in [0.717, 1.165) is 0 Å². The molecule has 0 saturated heterocycles. The molecule has 5 heteroatoms. The number of carbonyl (C=O) groups excluding carboxylic acids is 2. The lowest BCUT2D eigenvalue weighted by atomic mass is 10.1. The molecule has 0 bridgehead atoms. The smallest absolute Gasteiger partial charge is 0.253 e. The molecule has 18 heavy (non-hydrogen) atoms. The Kier molecular flexibility index (Phi) is 4.71. The molecule has 0 fully saturated rings. The first-order chi connectivity index (χ1) is 8.54. The number of hydrogen-bond donors (Lipinski definition) is 2. The fourth-order valence-electron chi connectivity index (χ4n) is 1.73. The van der Waals surface area contributed by atoms with Crippen molar-refractivity contribution in [3.05, 3.63) is 29.3 Å². The molecule has 0 saturated carbocycles. The standard InChI is InChI=1S/C13H19N3O2/c1-4-16(5-2)13(18)9-6-7-10(11(14)8-9)12(17)15-3/h6-8H,4-5,14H2,1-3H3,(H,15,17). The quantitative estimate of drug-likeness (QED) is 0.785. The number of hydrogen-bond acceptors (Lipinski definition) is 3. The van der Waals surface area contributed by atoms with E-state index in [9.17, 15) is 9.59 Å². The van der Waals surface area contributed by atoms with Gasteiger partial charge in [-0.05, 0) is 32.0 Å². The lowest BCUT2D eigenvalue weighted by Crippen LogP contribution is -2.30. The molecule has 1 rings (SSSR count). The zero-order valence-electron chi connectivity index (χ0n) is 11.0. The molecule has 0 aromatic heterocycles. The van der Waals surface area contributed by atoms with E-state index in [4.69, 9.17) is 5.73 Å². The minimum atomic E-state index is -0.255. The summed E-state index contributed by atoms with van der Waals surface area (Å²) in [6, 6.07) is 4.75. The minimum Gasteiger partial charge on any atom is -0.398 e. The molecule has 98 valence electrons. The molecule has 5 nitrogen and oxygen atoms in total. The Morgan fingerprint density at radius 2 is 1.89 bits per heavy atom. The summed E-state index contributed by atoms with van der Waals surface area (Å²) in [4.78, 5) is 25.3. The van der Waals surface area contributed by atoms with Gasteiger partial charge in [0.15, 0.2) is 0 Å². The third-order valence-electron chi connectivity index (χ3n) is 2.82. The van der Waals surface area contributed by atoms with Gasteiger partial charge in [-0.2, -0.15) is 0 Å². The molecule has 0 aliphatic rings. The summed E-state index contributed by atoms with van der Waals surface area (Å²) < 4.78 is 0. The van der Waals surface area contributed by atoms with Crippen LogP contribution in [-0.2, 0) is 0 Å². The van der Waals surface area contributed by atoms with Crippen molar-refractivity contribution in [1.29, 1.82) is 0 Å². The van der Waals surface area contributed by atoms with Crippen LogP contribution in [0.5, 0.6) is 0 Å². The van der Waals surface area contributed by atoms with Gasteiger partial charge in [0, 0.05) is 31.4 Å². The summed E-state index contributed by atoms with van der Waals surface area (Å²) in [6.07, 6.45) is 0. The first kappa shape index (κ1) is 14.0. The Morgan fingerprint density at radius 1 is 1.28 bits per heavy atom. The topological polar surface area (TPSA) is 75.4 Å². The van der Waals surface area contributed by atoms with Crippen molar-refractivity contribution >= 4 is 17.5 Å². The average Bonchev–Trinajstić information content (AvgIpc) is 2.39. The van der Waals surface area contributed by atoms with Crippen LogP contribution in [0.15, 0.2) is 18.2 Å². The van der Waals surface area contributed by atoms with Gasteiger partial charge in [0.2, 0.25) is 0 Å². The van der Waals surface area contributed by atoms with Crippen LogP contribution in [0.2, 0.25) is 0 Å². The molecular weight excluding hydrogens is 230 g/mol. The van der Waals surface area contributed by atoms with E-state index in [1.807, 2.05) is 13.8 Å². The summed E-state index contributed by atoms with van der Waals surface area (Å²) in [5.74, 6) is -0.329. The van der Waals surface area contributed by atoms with Crippen molar-refractivity contribution in [2.24, 2.45) is 0 Å². The normalized spacial score (nSPS) is 9.94. The zero-order chi connectivity index (χ0) is 13.7. The summed E-state index contributed by atoms with van der Waals surface area (Å²) in [5, 5.41) is 2.50.